The first-order valence-electron chi connectivity index (χ1n) is 3.05. The Kier molecular flexibility index (Phi) is 1.70. The topological polar surface area (TPSA) is 47.3 Å². The van der Waals surface area contributed by atoms with Gasteiger partial charge in [0, 0.05) is 0 Å². The highest BCUT2D eigenvalue weighted by atomic mass is 16.3. The zero-order valence-corrected chi connectivity index (χ0v) is 5.41. The van der Waals surface area contributed by atoms with E-state index in [1.807, 2.05) is 0 Å². The molecule has 0 aliphatic carbocycles. The Morgan fingerprint density at radius 3 is 2.56 bits per heavy atom. The van der Waals surface area contributed by atoms with Crippen molar-refractivity contribution in [1.82, 2.24) is 4.90 Å². The Bertz CT molecular complexity index is 140. The van der Waals surface area contributed by atoms with Crippen molar-refractivity contribution in [1.29, 1.82) is 5.26 Å². The van der Waals surface area contributed by atoms with Crippen LogP contribution in [0.1, 0.15) is 12.8 Å². The summed E-state index contributed by atoms with van der Waals surface area (Å²) in [5, 5.41) is 17.5. The molecule has 0 spiro atoms. The van der Waals surface area contributed by atoms with Crippen molar-refractivity contribution in [3.8, 4) is 6.07 Å². The molecule has 0 aromatic rings. The zero-order chi connectivity index (χ0) is 6.85. The van der Waals surface area contributed by atoms with Gasteiger partial charge < -0.3 is 5.11 Å². The van der Waals surface area contributed by atoms with Crippen molar-refractivity contribution in [2.75, 3.05) is 7.05 Å². The number of rotatable bonds is 0. The SMILES string of the molecule is CN1C(O)CCC1C#N. The van der Waals surface area contributed by atoms with Gasteiger partial charge >= 0.3 is 0 Å². The van der Waals surface area contributed by atoms with Crippen LogP contribution in [0.25, 0.3) is 0 Å². The van der Waals surface area contributed by atoms with E-state index in [1.54, 1.807) is 11.9 Å². The molecule has 1 heterocycles. The number of likely N-dealkylation sites (tertiary alicyclic amines) is 1. The summed E-state index contributed by atoms with van der Waals surface area (Å²) in [7, 11) is 1.77. The van der Waals surface area contributed by atoms with E-state index in [4.69, 9.17) is 10.4 Å². The predicted octanol–water partition coefficient (Wildman–Crippen LogP) is -0.0774. The lowest BCUT2D eigenvalue weighted by atomic mass is 10.2. The number of nitrogens with zero attached hydrogens (tertiary/aromatic N) is 2. The lowest BCUT2D eigenvalue weighted by Crippen LogP contribution is -2.30. The second kappa shape index (κ2) is 2.34. The van der Waals surface area contributed by atoms with Gasteiger partial charge in [-0.3, -0.25) is 4.90 Å². The summed E-state index contributed by atoms with van der Waals surface area (Å²) in [4.78, 5) is 1.69. The van der Waals surface area contributed by atoms with E-state index >= 15 is 0 Å². The molecule has 1 N–H and O–H groups in total. The summed E-state index contributed by atoms with van der Waals surface area (Å²) in [5.74, 6) is 0. The average Bonchev–Trinajstić information content (AvgIpc) is 2.15. The van der Waals surface area contributed by atoms with Crippen LogP contribution >= 0.6 is 0 Å². The lowest BCUT2D eigenvalue weighted by molar-refractivity contribution is 0.0472. The van der Waals surface area contributed by atoms with Crippen molar-refractivity contribution in [3.05, 3.63) is 0 Å². The Labute approximate surface area is 54.5 Å². The minimum atomic E-state index is -0.394. The molecule has 0 bridgehead atoms. The Morgan fingerprint density at radius 2 is 2.33 bits per heavy atom. The first kappa shape index (κ1) is 6.53. The van der Waals surface area contributed by atoms with E-state index in [2.05, 4.69) is 6.07 Å². The molecule has 2 atom stereocenters. The highest BCUT2D eigenvalue weighted by molar-refractivity contribution is 4.95. The monoisotopic (exact) mass is 126 g/mol. The Hall–Kier alpha value is -0.590. The maximum Gasteiger partial charge on any atom is 0.108 e. The molecule has 0 aromatic carbocycles. The van der Waals surface area contributed by atoms with Crippen LogP contribution in [0.15, 0.2) is 0 Å². The molecular weight excluding hydrogens is 116 g/mol. The molecule has 2 unspecified atom stereocenters. The average molecular weight is 126 g/mol. The van der Waals surface area contributed by atoms with Crippen molar-refractivity contribution in [3.63, 3.8) is 0 Å². The molecule has 0 amide bonds. The number of aliphatic hydroxyl groups excluding tert-OH is 1. The fourth-order valence-corrected chi connectivity index (χ4v) is 1.08. The van der Waals surface area contributed by atoms with E-state index < -0.39 is 6.23 Å². The van der Waals surface area contributed by atoms with Gasteiger partial charge in [-0.25, -0.2) is 0 Å². The first-order valence-corrected chi connectivity index (χ1v) is 3.05. The lowest BCUT2D eigenvalue weighted by Gasteiger charge is -2.15. The van der Waals surface area contributed by atoms with E-state index in [0.717, 1.165) is 12.8 Å². The molecule has 1 fully saturated rings. The third-order valence-electron chi connectivity index (χ3n) is 1.81. The summed E-state index contributed by atoms with van der Waals surface area (Å²) < 4.78 is 0. The summed E-state index contributed by atoms with van der Waals surface area (Å²) >= 11 is 0. The van der Waals surface area contributed by atoms with Gasteiger partial charge in [-0.15, -0.1) is 0 Å². The van der Waals surface area contributed by atoms with Crippen molar-refractivity contribution in [2.24, 2.45) is 0 Å². The van der Waals surface area contributed by atoms with Crippen LogP contribution in [0.2, 0.25) is 0 Å². The van der Waals surface area contributed by atoms with E-state index in [9.17, 15) is 0 Å². The molecule has 0 saturated carbocycles. The largest absolute Gasteiger partial charge is 0.378 e. The van der Waals surface area contributed by atoms with Gasteiger partial charge in [-0.1, -0.05) is 0 Å². The highest BCUT2D eigenvalue weighted by Gasteiger charge is 2.27. The molecule has 0 radical (unpaired) electrons. The van der Waals surface area contributed by atoms with Gasteiger partial charge in [0.1, 0.15) is 6.23 Å². The number of nitriles is 1. The minimum Gasteiger partial charge on any atom is -0.378 e. The van der Waals surface area contributed by atoms with Gasteiger partial charge in [0.15, 0.2) is 0 Å². The maximum atomic E-state index is 9.07. The smallest absolute Gasteiger partial charge is 0.108 e. The quantitative estimate of drug-likeness (QED) is 0.494. The number of hydrogen-bond donors (Lipinski definition) is 1. The Balaban J connectivity index is 2.54. The normalized spacial score (nSPS) is 36.6. The Morgan fingerprint density at radius 1 is 1.67 bits per heavy atom. The van der Waals surface area contributed by atoms with Crippen LogP contribution in [-0.4, -0.2) is 29.3 Å². The predicted molar refractivity (Wildman–Crippen MR) is 32.4 cm³/mol. The van der Waals surface area contributed by atoms with Gasteiger partial charge in [0.05, 0.1) is 12.1 Å². The summed E-state index contributed by atoms with van der Waals surface area (Å²) in [6.45, 7) is 0. The van der Waals surface area contributed by atoms with E-state index in [-0.39, 0.29) is 6.04 Å². The molecule has 1 aliphatic rings. The third kappa shape index (κ3) is 1.04. The fourth-order valence-electron chi connectivity index (χ4n) is 1.08. The molecule has 50 valence electrons. The molecule has 1 rings (SSSR count). The van der Waals surface area contributed by atoms with Crippen LogP contribution in [0.3, 0.4) is 0 Å². The maximum absolute atomic E-state index is 9.07. The third-order valence-corrected chi connectivity index (χ3v) is 1.81. The highest BCUT2D eigenvalue weighted by Crippen LogP contribution is 2.18. The van der Waals surface area contributed by atoms with Gasteiger partial charge in [0.25, 0.3) is 0 Å². The van der Waals surface area contributed by atoms with E-state index in [1.165, 1.54) is 0 Å². The molecule has 9 heavy (non-hydrogen) atoms. The molecular formula is C6H10N2O. The number of hydrogen-bond acceptors (Lipinski definition) is 3. The van der Waals surface area contributed by atoms with Crippen LogP contribution < -0.4 is 0 Å². The van der Waals surface area contributed by atoms with Crippen molar-refractivity contribution < 1.29 is 5.11 Å². The van der Waals surface area contributed by atoms with E-state index in [0.29, 0.717) is 0 Å². The zero-order valence-electron chi connectivity index (χ0n) is 5.41. The minimum absolute atomic E-state index is 0.0694. The first-order chi connectivity index (χ1) is 4.25. The van der Waals surface area contributed by atoms with Crippen LogP contribution in [0, 0.1) is 11.3 Å². The van der Waals surface area contributed by atoms with Gasteiger partial charge in [0.2, 0.25) is 0 Å². The molecule has 1 aliphatic heterocycles. The second-order valence-corrected chi connectivity index (χ2v) is 2.37. The standard InChI is InChI=1S/C6H10N2O/c1-8-5(4-7)2-3-6(8)9/h5-6,9H,2-3H2,1H3. The molecule has 3 nitrogen and oxygen atoms in total. The van der Waals surface area contributed by atoms with Crippen LogP contribution in [-0.2, 0) is 0 Å². The summed E-state index contributed by atoms with van der Waals surface area (Å²) in [6, 6.07) is 2.04. The number of aliphatic hydroxyl groups is 1. The van der Waals surface area contributed by atoms with Gasteiger partial charge in [-0.05, 0) is 19.9 Å². The van der Waals surface area contributed by atoms with Crippen molar-refractivity contribution in [2.45, 2.75) is 25.1 Å². The molecule has 1 saturated heterocycles. The fraction of sp³-hybridized carbons (Fsp3) is 0.833. The summed E-state index contributed by atoms with van der Waals surface area (Å²) in [6.07, 6.45) is 1.14. The van der Waals surface area contributed by atoms with Crippen LogP contribution in [0.5, 0.6) is 0 Å². The second-order valence-electron chi connectivity index (χ2n) is 2.37. The molecule has 0 aromatic heterocycles. The molecule has 3 heteroatoms. The van der Waals surface area contributed by atoms with Crippen molar-refractivity contribution >= 4 is 0 Å². The van der Waals surface area contributed by atoms with Crippen LogP contribution in [0.4, 0.5) is 0 Å². The van der Waals surface area contributed by atoms with Gasteiger partial charge in [-0.2, -0.15) is 5.26 Å². The summed E-state index contributed by atoms with van der Waals surface area (Å²) in [5.41, 5.74) is 0.